The minimum Gasteiger partial charge on any atom is -0.352 e. The van der Waals surface area contributed by atoms with Crippen LogP contribution in [-0.2, 0) is 0 Å². The first-order valence-corrected chi connectivity index (χ1v) is 6.43. The van der Waals surface area contributed by atoms with Crippen LogP contribution in [0.15, 0.2) is 24.5 Å². The van der Waals surface area contributed by atoms with Crippen LogP contribution in [-0.4, -0.2) is 32.7 Å². The van der Waals surface area contributed by atoms with E-state index in [1.54, 1.807) is 18.2 Å². The van der Waals surface area contributed by atoms with Gasteiger partial charge in [0, 0.05) is 11.6 Å². The number of carbonyl (C=O) groups excluding carboxylic acids is 1. The maximum atomic E-state index is 12.2. The van der Waals surface area contributed by atoms with Crippen molar-refractivity contribution in [1.29, 1.82) is 0 Å². The van der Waals surface area contributed by atoms with E-state index in [0.717, 1.165) is 0 Å². The first-order chi connectivity index (χ1) is 9.24. The molecule has 3 rings (SSSR count). The van der Waals surface area contributed by atoms with Crippen LogP contribution < -0.4 is 5.32 Å². The standard InChI is InChI=1S/C12H12ClN5O/c13-9-3-4-11(18-7-15-16-17-18)10(5-9)12(19)14-6-8-1-2-8/h3-5,7-8H,1-2,6H2,(H,14,19). The zero-order valence-corrected chi connectivity index (χ0v) is 10.8. The molecule has 1 aliphatic carbocycles. The Kier molecular flexibility index (Phi) is 3.16. The lowest BCUT2D eigenvalue weighted by atomic mass is 10.1. The number of amides is 1. The average molecular weight is 278 g/mol. The zero-order valence-electron chi connectivity index (χ0n) is 10.1. The van der Waals surface area contributed by atoms with Gasteiger partial charge < -0.3 is 5.32 Å². The van der Waals surface area contributed by atoms with E-state index in [2.05, 4.69) is 20.8 Å². The molecule has 1 amide bonds. The fourth-order valence-corrected chi connectivity index (χ4v) is 1.99. The third-order valence-electron chi connectivity index (χ3n) is 3.05. The van der Waals surface area contributed by atoms with Crippen LogP contribution in [0.5, 0.6) is 0 Å². The number of hydrogen-bond donors (Lipinski definition) is 1. The second-order valence-electron chi connectivity index (χ2n) is 4.57. The molecule has 1 heterocycles. The third-order valence-corrected chi connectivity index (χ3v) is 3.28. The monoisotopic (exact) mass is 277 g/mol. The van der Waals surface area contributed by atoms with Crippen molar-refractivity contribution in [3.05, 3.63) is 35.1 Å². The lowest BCUT2D eigenvalue weighted by molar-refractivity contribution is 0.0951. The first kappa shape index (κ1) is 12.1. The van der Waals surface area contributed by atoms with Gasteiger partial charge in [-0.2, -0.15) is 4.68 Å². The minimum absolute atomic E-state index is 0.153. The molecule has 1 saturated carbocycles. The molecule has 6 nitrogen and oxygen atoms in total. The van der Waals surface area contributed by atoms with Gasteiger partial charge in [0.15, 0.2) is 0 Å². The number of halogens is 1. The number of aromatic nitrogens is 4. The number of tetrazole rings is 1. The van der Waals surface area contributed by atoms with Gasteiger partial charge in [0.05, 0.1) is 11.3 Å². The number of carbonyl (C=O) groups is 1. The normalized spacial score (nSPS) is 14.4. The molecule has 0 radical (unpaired) electrons. The average Bonchev–Trinajstić information content (AvgIpc) is 3.09. The van der Waals surface area contributed by atoms with Gasteiger partial charge >= 0.3 is 0 Å². The largest absolute Gasteiger partial charge is 0.352 e. The van der Waals surface area contributed by atoms with Crippen molar-refractivity contribution in [2.45, 2.75) is 12.8 Å². The Morgan fingerprint density at radius 2 is 2.32 bits per heavy atom. The first-order valence-electron chi connectivity index (χ1n) is 6.05. The SMILES string of the molecule is O=C(NCC1CC1)c1cc(Cl)ccc1-n1cnnn1. The molecule has 98 valence electrons. The number of hydrogen-bond acceptors (Lipinski definition) is 4. The summed E-state index contributed by atoms with van der Waals surface area (Å²) >= 11 is 5.96. The minimum atomic E-state index is -0.153. The number of benzene rings is 1. The van der Waals surface area contributed by atoms with Crippen LogP contribution in [0.3, 0.4) is 0 Å². The summed E-state index contributed by atoms with van der Waals surface area (Å²) in [6, 6.07) is 5.06. The molecule has 1 N–H and O–H groups in total. The van der Waals surface area contributed by atoms with Gasteiger partial charge in [0.25, 0.3) is 5.91 Å². The molecule has 0 spiro atoms. The maximum Gasteiger partial charge on any atom is 0.253 e. The molecule has 1 aromatic heterocycles. The highest BCUT2D eigenvalue weighted by Gasteiger charge is 2.23. The summed E-state index contributed by atoms with van der Waals surface area (Å²) in [4.78, 5) is 12.2. The van der Waals surface area contributed by atoms with E-state index in [4.69, 9.17) is 11.6 Å². The fourth-order valence-electron chi connectivity index (χ4n) is 1.82. The van der Waals surface area contributed by atoms with Gasteiger partial charge in [0.2, 0.25) is 0 Å². The van der Waals surface area contributed by atoms with Crippen molar-refractivity contribution in [2.75, 3.05) is 6.54 Å². The molecular weight excluding hydrogens is 266 g/mol. The molecule has 0 atom stereocenters. The predicted octanol–water partition coefficient (Wildman–Crippen LogP) is 1.46. The molecule has 0 saturated heterocycles. The van der Waals surface area contributed by atoms with Crippen LogP contribution >= 0.6 is 11.6 Å². The van der Waals surface area contributed by atoms with E-state index in [-0.39, 0.29) is 5.91 Å². The Labute approximate surface area is 114 Å². The van der Waals surface area contributed by atoms with Crippen LogP contribution in [0.4, 0.5) is 0 Å². The molecule has 0 bridgehead atoms. The summed E-state index contributed by atoms with van der Waals surface area (Å²) in [6.07, 6.45) is 3.83. The second-order valence-corrected chi connectivity index (χ2v) is 5.01. The Bertz CT molecular complexity index is 594. The van der Waals surface area contributed by atoms with E-state index in [9.17, 15) is 4.79 Å². The molecule has 7 heteroatoms. The molecular formula is C12H12ClN5O. The van der Waals surface area contributed by atoms with Crippen molar-refractivity contribution >= 4 is 17.5 Å². The van der Waals surface area contributed by atoms with Crippen molar-refractivity contribution in [1.82, 2.24) is 25.5 Å². The van der Waals surface area contributed by atoms with Crippen molar-refractivity contribution in [2.24, 2.45) is 5.92 Å². The van der Waals surface area contributed by atoms with E-state index < -0.39 is 0 Å². The van der Waals surface area contributed by atoms with Gasteiger partial charge in [-0.25, -0.2) is 0 Å². The van der Waals surface area contributed by atoms with Gasteiger partial charge in [0.1, 0.15) is 6.33 Å². The highest BCUT2D eigenvalue weighted by molar-refractivity contribution is 6.31. The quantitative estimate of drug-likeness (QED) is 0.918. The van der Waals surface area contributed by atoms with E-state index in [1.165, 1.54) is 23.9 Å². The van der Waals surface area contributed by atoms with Gasteiger partial charge in [-0.3, -0.25) is 4.79 Å². The van der Waals surface area contributed by atoms with Crippen LogP contribution in [0, 0.1) is 5.92 Å². The fraction of sp³-hybridized carbons (Fsp3) is 0.333. The maximum absolute atomic E-state index is 12.2. The van der Waals surface area contributed by atoms with Gasteiger partial charge in [-0.1, -0.05) is 11.6 Å². The Morgan fingerprint density at radius 3 is 3.00 bits per heavy atom. The summed E-state index contributed by atoms with van der Waals surface area (Å²) in [6.45, 7) is 0.709. The van der Waals surface area contributed by atoms with Crippen molar-refractivity contribution in [3.63, 3.8) is 0 Å². The Morgan fingerprint density at radius 1 is 1.47 bits per heavy atom. The highest BCUT2D eigenvalue weighted by Crippen LogP contribution is 2.28. The Hall–Kier alpha value is -1.95. The molecule has 19 heavy (non-hydrogen) atoms. The van der Waals surface area contributed by atoms with Crippen LogP contribution in [0.1, 0.15) is 23.2 Å². The summed E-state index contributed by atoms with van der Waals surface area (Å²) < 4.78 is 1.45. The summed E-state index contributed by atoms with van der Waals surface area (Å²) in [5.41, 5.74) is 1.09. The molecule has 0 aliphatic heterocycles. The molecule has 1 aromatic carbocycles. The summed E-state index contributed by atoms with van der Waals surface area (Å²) in [5.74, 6) is 0.472. The van der Waals surface area contributed by atoms with E-state index in [0.29, 0.717) is 28.7 Å². The van der Waals surface area contributed by atoms with Crippen molar-refractivity contribution in [3.8, 4) is 5.69 Å². The molecule has 1 fully saturated rings. The van der Waals surface area contributed by atoms with Gasteiger partial charge in [-0.05, 0) is 47.4 Å². The van der Waals surface area contributed by atoms with Crippen molar-refractivity contribution < 1.29 is 4.79 Å². The Balaban J connectivity index is 1.89. The molecule has 2 aromatic rings. The number of nitrogens with one attached hydrogen (secondary N) is 1. The highest BCUT2D eigenvalue weighted by atomic mass is 35.5. The summed E-state index contributed by atoms with van der Waals surface area (Å²) in [7, 11) is 0. The lowest BCUT2D eigenvalue weighted by Gasteiger charge is -2.09. The van der Waals surface area contributed by atoms with E-state index in [1.807, 2.05) is 0 Å². The van der Waals surface area contributed by atoms with Gasteiger partial charge in [-0.15, -0.1) is 5.10 Å². The van der Waals surface area contributed by atoms with E-state index >= 15 is 0 Å². The second kappa shape index (κ2) is 4.97. The van der Waals surface area contributed by atoms with Crippen LogP contribution in [0.2, 0.25) is 5.02 Å². The number of rotatable bonds is 4. The third kappa shape index (κ3) is 2.73. The lowest BCUT2D eigenvalue weighted by Crippen LogP contribution is -2.26. The predicted molar refractivity (Wildman–Crippen MR) is 69.2 cm³/mol. The summed E-state index contributed by atoms with van der Waals surface area (Å²) in [5, 5.41) is 14.4. The topological polar surface area (TPSA) is 72.7 Å². The smallest absolute Gasteiger partial charge is 0.253 e. The zero-order chi connectivity index (χ0) is 13.2. The molecule has 1 aliphatic rings. The van der Waals surface area contributed by atoms with Crippen LogP contribution in [0.25, 0.3) is 5.69 Å². The number of nitrogens with zero attached hydrogens (tertiary/aromatic N) is 4. The molecule has 0 unspecified atom stereocenters.